The first-order valence-corrected chi connectivity index (χ1v) is 6.13. The molecule has 19 heavy (non-hydrogen) atoms. The minimum Gasteiger partial charge on any atom is -0.328 e. The third-order valence-corrected chi connectivity index (χ3v) is 2.90. The molecule has 0 saturated carbocycles. The molecule has 1 aromatic heterocycles. The van der Waals surface area contributed by atoms with Crippen LogP contribution in [0.3, 0.4) is 0 Å². The molecule has 0 aliphatic heterocycles. The number of halogens is 2. The summed E-state index contributed by atoms with van der Waals surface area (Å²) >= 11 is 12.0. The summed E-state index contributed by atoms with van der Waals surface area (Å²) in [7, 11) is 0. The quantitative estimate of drug-likeness (QED) is 0.676. The molecule has 0 atom stereocenters. The van der Waals surface area contributed by atoms with Crippen molar-refractivity contribution < 1.29 is 0 Å². The minimum atomic E-state index is -0.343. The molecule has 0 aliphatic rings. The monoisotopic (exact) mass is 296 g/mol. The normalized spacial score (nSPS) is 10.9. The van der Waals surface area contributed by atoms with E-state index in [1.807, 2.05) is 0 Å². The molecule has 5 nitrogen and oxygen atoms in total. The molecule has 2 aromatic rings. The number of benzene rings is 1. The Kier molecular flexibility index (Phi) is 4.19. The van der Waals surface area contributed by atoms with Crippen molar-refractivity contribution in [3.63, 3.8) is 0 Å². The number of hydrogen-bond acceptors (Lipinski definition) is 4. The molecule has 0 amide bonds. The van der Waals surface area contributed by atoms with Crippen LogP contribution in [0.4, 0.5) is 5.95 Å². The number of nitrogens with zero attached hydrogens (tertiary/aromatic N) is 2. The van der Waals surface area contributed by atoms with E-state index in [1.54, 1.807) is 25.1 Å². The van der Waals surface area contributed by atoms with Gasteiger partial charge in [-0.05, 0) is 19.1 Å². The lowest BCUT2D eigenvalue weighted by molar-refractivity contribution is 1.04. The molecule has 0 saturated heterocycles. The van der Waals surface area contributed by atoms with Crippen molar-refractivity contribution in [1.29, 1.82) is 0 Å². The van der Waals surface area contributed by atoms with Crippen LogP contribution in [0.25, 0.3) is 0 Å². The number of aryl methyl sites for hydroxylation is 1. The van der Waals surface area contributed by atoms with Gasteiger partial charge >= 0.3 is 0 Å². The van der Waals surface area contributed by atoms with E-state index in [2.05, 4.69) is 20.5 Å². The van der Waals surface area contributed by atoms with Crippen molar-refractivity contribution in [2.24, 2.45) is 5.10 Å². The highest BCUT2D eigenvalue weighted by Crippen LogP contribution is 2.22. The third kappa shape index (κ3) is 3.56. The predicted octanol–water partition coefficient (Wildman–Crippen LogP) is 2.83. The number of rotatable bonds is 3. The van der Waals surface area contributed by atoms with Crippen molar-refractivity contribution >= 4 is 35.4 Å². The maximum atomic E-state index is 11.2. The van der Waals surface area contributed by atoms with Crippen molar-refractivity contribution in [2.75, 3.05) is 5.43 Å². The van der Waals surface area contributed by atoms with E-state index in [0.29, 0.717) is 21.3 Å². The maximum Gasteiger partial charge on any atom is 0.274 e. The second kappa shape index (κ2) is 5.86. The van der Waals surface area contributed by atoms with Crippen LogP contribution in [0.15, 0.2) is 34.2 Å². The lowest BCUT2D eigenvalue weighted by atomic mass is 10.2. The van der Waals surface area contributed by atoms with Crippen LogP contribution in [0.2, 0.25) is 10.0 Å². The number of hydrazone groups is 1. The first-order chi connectivity index (χ1) is 9.06. The smallest absolute Gasteiger partial charge is 0.274 e. The van der Waals surface area contributed by atoms with Crippen molar-refractivity contribution in [3.05, 3.63) is 55.9 Å². The first kappa shape index (κ1) is 13.6. The molecule has 98 valence electrons. The topological polar surface area (TPSA) is 70.1 Å². The van der Waals surface area contributed by atoms with Crippen molar-refractivity contribution in [3.8, 4) is 0 Å². The number of hydrogen-bond donors (Lipinski definition) is 2. The van der Waals surface area contributed by atoms with Gasteiger partial charge in [0.05, 0.1) is 16.3 Å². The summed E-state index contributed by atoms with van der Waals surface area (Å²) in [4.78, 5) is 17.8. The maximum absolute atomic E-state index is 11.2. The number of nitrogens with one attached hydrogen (secondary N) is 2. The first-order valence-electron chi connectivity index (χ1n) is 5.37. The number of H-pyrrole nitrogens is 1. The predicted molar refractivity (Wildman–Crippen MR) is 77.3 cm³/mol. The zero-order chi connectivity index (χ0) is 13.8. The largest absolute Gasteiger partial charge is 0.328 e. The van der Waals surface area contributed by atoms with E-state index in [4.69, 9.17) is 23.2 Å². The zero-order valence-electron chi connectivity index (χ0n) is 9.95. The molecule has 0 fully saturated rings. The van der Waals surface area contributed by atoms with Gasteiger partial charge in [0.15, 0.2) is 0 Å². The summed E-state index contributed by atoms with van der Waals surface area (Å²) in [5.41, 5.74) is 3.55. The van der Waals surface area contributed by atoms with Gasteiger partial charge in [-0.2, -0.15) is 10.1 Å². The third-order valence-electron chi connectivity index (χ3n) is 2.24. The molecule has 2 rings (SSSR count). The summed E-state index contributed by atoms with van der Waals surface area (Å²) in [6.07, 6.45) is 1.47. The standard InChI is InChI=1S/C12H10Cl2N4O/c1-7-5-11(19)17-12(16-7)18-15-6-8-9(13)3-2-4-10(8)14/h2-6H,1H3,(H2,16,17,18,19)/b15-6+. The average molecular weight is 297 g/mol. The summed E-state index contributed by atoms with van der Waals surface area (Å²) in [6, 6.07) is 6.55. The summed E-state index contributed by atoms with van der Waals surface area (Å²) in [5.74, 6) is 0.254. The average Bonchev–Trinajstić information content (AvgIpc) is 2.32. The molecular formula is C12H10Cl2N4O. The Hall–Kier alpha value is -1.85. The van der Waals surface area contributed by atoms with Gasteiger partial charge in [-0.3, -0.25) is 4.79 Å². The highest BCUT2D eigenvalue weighted by molar-refractivity contribution is 6.38. The highest BCUT2D eigenvalue weighted by Gasteiger charge is 2.02. The van der Waals surface area contributed by atoms with E-state index in [9.17, 15) is 4.79 Å². The van der Waals surface area contributed by atoms with Gasteiger partial charge < -0.3 is 4.98 Å². The molecule has 0 radical (unpaired) electrons. The molecule has 0 unspecified atom stereocenters. The summed E-state index contributed by atoms with van der Waals surface area (Å²) in [6.45, 7) is 1.75. The Morgan fingerprint density at radius 3 is 2.68 bits per heavy atom. The van der Waals surface area contributed by atoms with E-state index in [1.165, 1.54) is 12.3 Å². The van der Waals surface area contributed by atoms with Crippen LogP contribution in [-0.2, 0) is 0 Å². The second-order valence-electron chi connectivity index (χ2n) is 3.76. The van der Waals surface area contributed by atoms with Gasteiger partial charge in [-0.25, -0.2) is 5.43 Å². The minimum absolute atomic E-state index is 0.254. The Labute approximate surface area is 119 Å². The lowest BCUT2D eigenvalue weighted by Gasteiger charge is -2.02. The molecule has 0 bridgehead atoms. The fourth-order valence-electron chi connectivity index (χ4n) is 1.42. The van der Waals surface area contributed by atoms with E-state index in [-0.39, 0.29) is 11.5 Å². The van der Waals surface area contributed by atoms with E-state index < -0.39 is 0 Å². The van der Waals surface area contributed by atoms with Gasteiger partial charge in [0, 0.05) is 17.3 Å². The second-order valence-corrected chi connectivity index (χ2v) is 4.57. The SMILES string of the molecule is Cc1cc(=O)nc(N/N=C/c2c(Cl)cccc2Cl)[nH]1. The molecule has 1 heterocycles. The van der Waals surface area contributed by atoms with Gasteiger partial charge in [0.1, 0.15) is 0 Å². The lowest BCUT2D eigenvalue weighted by Crippen LogP contribution is -2.10. The summed E-state index contributed by atoms with van der Waals surface area (Å²) in [5, 5.41) is 4.92. The fourth-order valence-corrected chi connectivity index (χ4v) is 1.92. The Morgan fingerprint density at radius 1 is 1.37 bits per heavy atom. The van der Waals surface area contributed by atoms with E-state index in [0.717, 1.165) is 0 Å². The van der Waals surface area contributed by atoms with E-state index >= 15 is 0 Å². The number of aromatic amines is 1. The van der Waals surface area contributed by atoms with Crippen LogP contribution in [0, 0.1) is 6.92 Å². The molecule has 0 aliphatic carbocycles. The van der Waals surface area contributed by atoms with Crippen LogP contribution in [0.1, 0.15) is 11.3 Å². The molecule has 7 heteroatoms. The fraction of sp³-hybridized carbons (Fsp3) is 0.0833. The molecular weight excluding hydrogens is 287 g/mol. The van der Waals surface area contributed by atoms with Crippen molar-refractivity contribution in [2.45, 2.75) is 6.92 Å². The van der Waals surface area contributed by atoms with Crippen LogP contribution < -0.4 is 11.0 Å². The van der Waals surface area contributed by atoms with Gasteiger partial charge in [-0.1, -0.05) is 29.3 Å². The van der Waals surface area contributed by atoms with Crippen LogP contribution in [-0.4, -0.2) is 16.2 Å². The molecule has 2 N–H and O–H groups in total. The Bertz CT molecular complexity index is 661. The van der Waals surface area contributed by atoms with Gasteiger partial charge in [0.2, 0.25) is 5.95 Å². The molecule has 1 aromatic carbocycles. The molecule has 0 spiro atoms. The highest BCUT2D eigenvalue weighted by atomic mass is 35.5. The summed E-state index contributed by atoms with van der Waals surface area (Å²) < 4.78 is 0. The van der Waals surface area contributed by atoms with Crippen LogP contribution >= 0.6 is 23.2 Å². The zero-order valence-corrected chi connectivity index (χ0v) is 11.5. The van der Waals surface area contributed by atoms with Gasteiger partial charge in [0.25, 0.3) is 5.56 Å². The number of aromatic nitrogens is 2. The Balaban J connectivity index is 2.18. The van der Waals surface area contributed by atoms with Crippen LogP contribution in [0.5, 0.6) is 0 Å². The van der Waals surface area contributed by atoms with Crippen molar-refractivity contribution in [1.82, 2.24) is 9.97 Å². The number of anilines is 1. The Morgan fingerprint density at radius 2 is 2.05 bits per heavy atom. The van der Waals surface area contributed by atoms with Gasteiger partial charge in [-0.15, -0.1) is 0 Å².